The van der Waals surface area contributed by atoms with Crippen molar-refractivity contribution in [2.24, 2.45) is 5.41 Å². The van der Waals surface area contributed by atoms with Crippen LogP contribution in [0.5, 0.6) is 0 Å². The Hall–Kier alpha value is -1.79. The Morgan fingerprint density at radius 1 is 1.28 bits per heavy atom. The quantitative estimate of drug-likeness (QED) is 0.845. The third-order valence-electron chi connectivity index (χ3n) is 5.63. The minimum Gasteiger partial charge on any atom is -0.338 e. The zero-order valence-electron chi connectivity index (χ0n) is 14.6. The number of piperidine rings is 1. The van der Waals surface area contributed by atoms with E-state index in [4.69, 9.17) is 0 Å². The number of aromatic nitrogens is 2. The summed E-state index contributed by atoms with van der Waals surface area (Å²) in [7, 11) is 0. The first-order valence-corrected chi connectivity index (χ1v) is 9.80. The number of hydrogen-bond acceptors (Lipinski definition) is 5. The second kappa shape index (κ2) is 6.84. The molecule has 25 heavy (non-hydrogen) atoms. The van der Waals surface area contributed by atoms with Crippen molar-refractivity contribution >= 4 is 17.2 Å². The van der Waals surface area contributed by atoms with Gasteiger partial charge in [-0.2, -0.15) is 0 Å². The standard InChI is InChI=1S/C19H24N4OS/c1-15-17(25-14-21-15)12-22-7-4-19(5-8-22)9-18(24)23(13-19)11-16-3-2-6-20-10-16/h2-3,6,10,14H,4-5,7-9,11-13H2,1H3. The van der Waals surface area contributed by atoms with Crippen LogP contribution in [0.25, 0.3) is 0 Å². The first kappa shape index (κ1) is 16.7. The number of thiazole rings is 1. The predicted molar refractivity (Wildman–Crippen MR) is 98.1 cm³/mol. The van der Waals surface area contributed by atoms with E-state index < -0.39 is 0 Å². The van der Waals surface area contributed by atoms with Crippen molar-refractivity contribution in [1.29, 1.82) is 0 Å². The fourth-order valence-electron chi connectivity index (χ4n) is 4.04. The van der Waals surface area contributed by atoms with Gasteiger partial charge in [-0.15, -0.1) is 11.3 Å². The molecule has 5 nitrogen and oxygen atoms in total. The molecular formula is C19H24N4OS. The molecule has 0 unspecified atom stereocenters. The lowest BCUT2D eigenvalue weighted by Crippen LogP contribution is -2.41. The molecule has 0 bridgehead atoms. The van der Waals surface area contributed by atoms with Gasteiger partial charge in [-0.3, -0.25) is 14.7 Å². The molecule has 0 saturated carbocycles. The zero-order valence-corrected chi connectivity index (χ0v) is 15.5. The molecule has 2 aliphatic heterocycles. The highest BCUT2D eigenvalue weighted by Gasteiger charge is 2.44. The smallest absolute Gasteiger partial charge is 0.223 e. The summed E-state index contributed by atoms with van der Waals surface area (Å²) >= 11 is 1.75. The van der Waals surface area contributed by atoms with Crippen LogP contribution in [0.15, 0.2) is 30.0 Å². The Kier molecular flexibility index (Phi) is 4.56. The minimum absolute atomic E-state index is 0.179. The molecule has 0 atom stereocenters. The van der Waals surface area contributed by atoms with E-state index in [9.17, 15) is 4.79 Å². The van der Waals surface area contributed by atoms with Gasteiger partial charge in [-0.25, -0.2) is 4.98 Å². The largest absolute Gasteiger partial charge is 0.338 e. The van der Waals surface area contributed by atoms with Crippen molar-refractivity contribution in [3.8, 4) is 0 Å². The molecule has 0 radical (unpaired) electrons. The number of amides is 1. The van der Waals surface area contributed by atoms with Crippen LogP contribution in [-0.2, 0) is 17.9 Å². The van der Waals surface area contributed by atoms with E-state index in [0.717, 1.165) is 50.3 Å². The molecule has 2 aromatic rings. The second-order valence-corrected chi connectivity index (χ2v) is 8.36. The van der Waals surface area contributed by atoms with E-state index in [0.29, 0.717) is 18.9 Å². The number of hydrogen-bond donors (Lipinski definition) is 0. The lowest BCUT2D eigenvalue weighted by atomic mass is 9.77. The van der Waals surface area contributed by atoms with Crippen LogP contribution in [0.4, 0.5) is 0 Å². The average Bonchev–Trinajstić information content (AvgIpc) is 3.15. The van der Waals surface area contributed by atoms with Gasteiger partial charge in [0.05, 0.1) is 11.2 Å². The summed E-state index contributed by atoms with van der Waals surface area (Å²) in [6.07, 6.45) is 6.57. The SMILES string of the molecule is Cc1ncsc1CN1CCC2(CC1)CC(=O)N(Cc1cccnc1)C2. The number of carbonyl (C=O) groups is 1. The van der Waals surface area contributed by atoms with Crippen LogP contribution in [0, 0.1) is 12.3 Å². The Labute approximate surface area is 152 Å². The summed E-state index contributed by atoms with van der Waals surface area (Å²) in [5, 5.41) is 0. The van der Waals surface area contributed by atoms with Gasteiger partial charge in [0.25, 0.3) is 0 Å². The van der Waals surface area contributed by atoms with Crippen molar-refractivity contribution in [2.45, 2.75) is 39.3 Å². The van der Waals surface area contributed by atoms with Crippen molar-refractivity contribution in [2.75, 3.05) is 19.6 Å². The average molecular weight is 356 g/mol. The van der Waals surface area contributed by atoms with E-state index in [1.54, 1.807) is 17.5 Å². The molecule has 0 N–H and O–H groups in total. The summed E-state index contributed by atoms with van der Waals surface area (Å²) in [5.74, 6) is 0.301. The lowest BCUT2D eigenvalue weighted by Gasteiger charge is -2.38. The number of carbonyl (C=O) groups excluding carboxylic acids is 1. The number of pyridine rings is 1. The Bertz CT molecular complexity index is 737. The molecule has 6 heteroatoms. The normalized spacial score (nSPS) is 20.5. The highest BCUT2D eigenvalue weighted by atomic mass is 32.1. The monoisotopic (exact) mass is 356 g/mol. The molecule has 0 aliphatic carbocycles. The van der Waals surface area contributed by atoms with Gasteiger partial charge in [-0.05, 0) is 49.9 Å². The summed E-state index contributed by atoms with van der Waals surface area (Å²) < 4.78 is 0. The highest BCUT2D eigenvalue weighted by Crippen LogP contribution is 2.41. The van der Waals surface area contributed by atoms with Gasteiger partial charge >= 0.3 is 0 Å². The van der Waals surface area contributed by atoms with Crippen molar-refractivity contribution in [3.63, 3.8) is 0 Å². The van der Waals surface area contributed by atoms with Gasteiger partial charge in [-0.1, -0.05) is 6.07 Å². The Morgan fingerprint density at radius 2 is 2.12 bits per heavy atom. The summed E-state index contributed by atoms with van der Waals surface area (Å²) in [6.45, 7) is 6.83. The van der Waals surface area contributed by atoms with Gasteiger partial charge in [0.15, 0.2) is 0 Å². The molecule has 4 heterocycles. The van der Waals surface area contributed by atoms with Crippen LogP contribution in [0.3, 0.4) is 0 Å². The van der Waals surface area contributed by atoms with Crippen molar-refractivity contribution in [3.05, 3.63) is 46.2 Å². The molecule has 1 spiro atoms. The molecule has 1 amide bonds. The molecule has 2 fully saturated rings. The van der Waals surface area contributed by atoms with Crippen LogP contribution in [-0.4, -0.2) is 45.3 Å². The van der Waals surface area contributed by atoms with E-state index in [1.165, 1.54) is 4.88 Å². The van der Waals surface area contributed by atoms with E-state index in [1.807, 2.05) is 28.7 Å². The second-order valence-electron chi connectivity index (χ2n) is 7.42. The minimum atomic E-state index is 0.179. The van der Waals surface area contributed by atoms with Crippen molar-refractivity contribution in [1.82, 2.24) is 19.8 Å². The third kappa shape index (κ3) is 3.60. The third-order valence-corrected chi connectivity index (χ3v) is 6.55. The van der Waals surface area contributed by atoms with E-state index in [-0.39, 0.29) is 5.41 Å². The summed E-state index contributed by atoms with van der Waals surface area (Å²) in [6, 6.07) is 3.98. The van der Waals surface area contributed by atoms with Gasteiger partial charge in [0.2, 0.25) is 5.91 Å². The van der Waals surface area contributed by atoms with E-state index >= 15 is 0 Å². The lowest BCUT2D eigenvalue weighted by molar-refractivity contribution is -0.128. The molecule has 2 aliphatic rings. The molecule has 2 saturated heterocycles. The number of aryl methyl sites for hydroxylation is 1. The van der Waals surface area contributed by atoms with E-state index in [2.05, 4.69) is 21.8 Å². The fraction of sp³-hybridized carbons (Fsp3) is 0.526. The molecule has 0 aromatic carbocycles. The fourth-order valence-corrected chi connectivity index (χ4v) is 4.86. The number of nitrogens with zero attached hydrogens (tertiary/aromatic N) is 4. The van der Waals surface area contributed by atoms with Crippen molar-refractivity contribution < 1.29 is 4.79 Å². The molecule has 2 aromatic heterocycles. The highest BCUT2D eigenvalue weighted by molar-refractivity contribution is 7.09. The van der Waals surface area contributed by atoms with Gasteiger partial charge in [0, 0.05) is 43.3 Å². The van der Waals surface area contributed by atoms with Crippen LogP contribution in [0.2, 0.25) is 0 Å². The van der Waals surface area contributed by atoms with Gasteiger partial charge in [0.1, 0.15) is 0 Å². The molecule has 132 valence electrons. The Morgan fingerprint density at radius 3 is 2.80 bits per heavy atom. The summed E-state index contributed by atoms with van der Waals surface area (Å²) in [4.78, 5) is 26.9. The van der Waals surface area contributed by atoms with Crippen LogP contribution >= 0.6 is 11.3 Å². The predicted octanol–water partition coefficient (Wildman–Crippen LogP) is 2.86. The zero-order chi connectivity index (χ0) is 17.3. The molecular weight excluding hydrogens is 332 g/mol. The van der Waals surface area contributed by atoms with Crippen LogP contribution in [0.1, 0.15) is 35.4 Å². The Balaban J connectivity index is 1.35. The number of likely N-dealkylation sites (tertiary alicyclic amines) is 2. The first-order chi connectivity index (χ1) is 12.1. The maximum absolute atomic E-state index is 12.5. The first-order valence-electron chi connectivity index (χ1n) is 8.92. The van der Waals surface area contributed by atoms with Crippen LogP contribution < -0.4 is 0 Å². The number of rotatable bonds is 4. The van der Waals surface area contributed by atoms with Gasteiger partial charge < -0.3 is 4.90 Å². The topological polar surface area (TPSA) is 49.3 Å². The maximum atomic E-state index is 12.5. The maximum Gasteiger partial charge on any atom is 0.223 e. The molecule has 4 rings (SSSR count). The summed E-state index contributed by atoms with van der Waals surface area (Å²) in [5.41, 5.74) is 4.38.